The van der Waals surface area contributed by atoms with Crippen LogP contribution in [0.4, 0.5) is 4.39 Å². The molecule has 6 nitrogen and oxygen atoms in total. The van der Waals surface area contributed by atoms with Crippen molar-refractivity contribution in [2.45, 2.75) is 43.9 Å². The number of aromatic nitrogens is 2. The van der Waals surface area contributed by atoms with Gasteiger partial charge in [-0.15, -0.1) is 0 Å². The summed E-state index contributed by atoms with van der Waals surface area (Å²) in [6, 6.07) is 5.53. The minimum atomic E-state index is -3.55. The Bertz CT molecular complexity index is 872. The van der Waals surface area contributed by atoms with E-state index in [1.54, 1.807) is 13.2 Å². The highest BCUT2D eigenvalue weighted by atomic mass is 32.2. The minimum absolute atomic E-state index is 0.214. The summed E-state index contributed by atoms with van der Waals surface area (Å²) in [5.74, 6) is 0.280. The molecule has 2 aromatic rings. The number of rotatable bonds is 6. The fourth-order valence-corrected chi connectivity index (χ4v) is 5.12. The van der Waals surface area contributed by atoms with Crippen LogP contribution in [0.1, 0.15) is 42.1 Å². The molecule has 8 heteroatoms. The lowest BCUT2D eigenvalue weighted by molar-refractivity contribution is 0.414. The molecule has 1 aliphatic rings. The Morgan fingerprint density at radius 1 is 1.27 bits per heavy atom. The number of benzene rings is 1. The number of nitrogens with zero attached hydrogens (tertiary/aromatic N) is 2. The molecule has 3 rings (SSSR count). The Morgan fingerprint density at radius 2 is 2.00 bits per heavy atom. The Kier molecular flexibility index (Phi) is 5.52. The van der Waals surface area contributed by atoms with Gasteiger partial charge in [-0.25, -0.2) is 27.5 Å². The van der Waals surface area contributed by atoms with Crippen LogP contribution in [0, 0.1) is 12.7 Å². The molecule has 0 bridgehead atoms. The fourth-order valence-electron chi connectivity index (χ4n) is 3.39. The molecule has 0 unspecified atom stereocenters. The topological polar surface area (TPSA) is 81.2 Å². The van der Waals surface area contributed by atoms with Crippen LogP contribution in [0.3, 0.4) is 0 Å². The van der Waals surface area contributed by atoms with Crippen molar-refractivity contribution in [1.82, 2.24) is 14.7 Å². The van der Waals surface area contributed by atoms with E-state index in [4.69, 9.17) is 4.74 Å². The zero-order chi connectivity index (χ0) is 18.7. The normalized spacial score (nSPS) is 20.3. The van der Waals surface area contributed by atoms with E-state index >= 15 is 0 Å². The van der Waals surface area contributed by atoms with Gasteiger partial charge in [0, 0.05) is 12.5 Å². The summed E-state index contributed by atoms with van der Waals surface area (Å²) in [5.41, 5.74) is 1.85. The second-order valence-corrected chi connectivity index (χ2v) is 8.48. The SMILES string of the molecule is COc1ccc(CNS(=O)(=O)[C@@H]2CCC[C@@H]2c2ncc(F)cn2)c(C)c1. The van der Waals surface area contributed by atoms with E-state index in [0.717, 1.165) is 35.7 Å². The molecule has 1 aliphatic carbocycles. The molecule has 1 saturated carbocycles. The van der Waals surface area contributed by atoms with E-state index in [-0.39, 0.29) is 12.5 Å². The summed E-state index contributed by atoms with van der Waals surface area (Å²) in [7, 11) is -1.96. The van der Waals surface area contributed by atoms with Gasteiger partial charge in [0.1, 0.15) is 11.6 Å². The Morgan fingerprint density at radius 3 is 2.65 bits per heavy atom. The molecule has 1 N–H and O–H groups in total. The first-order chi connectivity index (χ1) is 12.4. The smallest absolute Gasteiger partial charge is 0.215 e. The number of halogens is 1. The predicted octanol–water partition coefficient (Wildman–Crippen LogP) is 2.69. The molecule has 0 aliphatic heterocycles. The lowest BCUT2D eigenvalue weighted by atomic mass is 10.1. The van der Waals surface area contributed by atoms with Gasteiger partial charge >= 0.3 is 0 Å². The van der Waals surface area contributed by atoms with Crippen molar-refractivity contribution in [2.24, 2.45) is 0 Å². The average Bonchev–Trinajstić information content (AvgIpc) is 3.12. The number of nitrogens with one attached hydrogen (secondary N) is 1. The van der Waals surface area contributed by atoms with Gasteiger partial charge in [0.05, 0.1) is 24.8 Å². The van der Waals surface area contributed by atoms with Gasteiger partial charge < -0.3 is 4.74 Å². The predicted molar refractivity (Wildman–Crippen MR) is 95.9 cm³/mol. The van der Waals surface area contributed by atoms with Gasteiger partial charge in [0.25, 0.3) is 0 Å². The van der Waals surface area contributed by atoms with Crippen molar-refractivity contribution in [1.29, 1.82) is 0 Å². The van der Waals surface area contributed by atoms with Gasteiger partial charge in [-0.3, -0.25) is 0 Å². The Balaban J connectivity index is 1.73. The maximum absolute atomic E-state index is 13.0. The van der Waals surface area contributed by atoms with Gasteiger partial charge in [0.15, 0.2) is 5.82 Å². The lowest BCUT2D eigenvalue weighted by Crippen LogP contribution is -2.36. The average molecular weight is 379 g/mol. The van der Waals surface area contributed by atoms with Crippen LogP contribution in [0.5, 0.6) is 5.75 Å². The van der Waals surface area contributed by atoms with Gasteiger partial charge in [-0.2, -0.15) is 0 Å². The number of ether oxygens (including phenoxy) is 1. The zero-order valence-electron chi connectivity index (χ0n) is 14.8. The monoisotopic (exact) mass is 379 g/mol. The zero-order valence-corrected chi connectivity index (χ0v) is 15.6. The molecule has 0 amide bonds. The molecule has 0 spiro atoms. The molecule has 26 heavy (non-hydrogen) atoms. The second kappa shape index (κ2) is 7.67. The quantitative estimate of drug-likeness (QED) is 0.835. The van der Waals surface area contributed by atoms with E-state index in [0.29, 0.717) is 18.7 Å². The third-order valence-corrected chi connectivity index (χ3v) is 6.74. The molecule has 1 fully saturated rings. The summed E-state index contributed by atoms with van der Waals surface area (Å²) >= 11 is 0. The second-order valence-electron chi connectivity index (χ2n) is 6.49. The number of hydrogen-bond acceptors (Lipinski definition) is 5. The van der Waals surface area contributed by atoms with Crippen molar-refractivity contribution in [2.75, 3.05) is 7.11 Å². The standard InChI is InChI=1S/C18H22FN3O3S/c1-12-8-15(25-2)7-6-13(12)9-22-26(23,24)17-5-3-4-16(17)18-20-10-14(19)11-21-18/h6-8,10-11,16-17,22H,3-5,9H2,1-2H3/t16-,17+/m0/s1. The highest BCUT2D eigenvalue weighted by molar-refractivity contribution is 7.90. The van der Waals surface area contributed by atoms with Crippen LogP contribution in [0.25, 0.3) is 0 Å². The van der Waals surface area contributed by atoms with Gasteiger partial charge in [-0.1, -0.05) is 12.5 Å². The molecule has 1 heterocycles. The number of aryl methyl sites for hydroxylation is 1. The van der Waals surface area contributed by atoms with Crippen molar-refractivity contribution in [3.63, 3.8) is 0 Å². The summed E-state index contributed by atoms with van der Waals surface area (Å²) in [6.45, 7) is 2.13. The molecule has 0 saturated heterocycles. The minimum Gasteiger partial charge on any atom is -0.497 e. The third-order valence-electron chi connectivity index (χ3n) is 4.84. The molecule has 1 aromatic carbocycles. The first kappa shape index (κ1) is 18.7. The van der Waals surface area contributed by atoms with Gasteiger partial charge in [-0.05, 0) is 43.0 Å². The van der Waals surface area contributed by atoms with Crippen LogP contribution in [-0.2, 0) is 16.6 Å². The van der Waals surface area contributed by atoms with E-state index < -0.39 is 21.1 Å². The van der Waals surface area contributed by atoms with Crippen molar-refractivity contribution in [3.05, 3.63) is 53.4 Å². The third kappa shape index (κ3) is 4.02. The maximum Gasteiger partial charge on any atom is 0.215 e. The molecule has 140 valence electrons. The van der Waals surface area contributed by atoms with Crippen molar-refractivity contribution >= 4 is 10.0 Å². The summed E-state index contributed by atoms with van der Waals surface area (Å²) in [5, 5.41) is -0.605. The molecule has 0 radical (unpaired) electrons. The van der Waals surface area contributed by atoms with E-state index in [1.807, 2.05) is 19.1 Å². The van der Waals surface area contributed by atoms with Crippen LogP contribution < -0.4 is 9.46 Å². The lowest BCUT2D eigenvalue weighted by Gasteiger charge is -2.19. The molecular formula is C18H22FN3O3S. The van der Waals surface area contributed by atoms with Crippen LogP contribution in [0.2, 0.25) is 0 Å². The van der Waals surface area contributed by atoms with Crippen molar-refractivity contribution < 1.29 is 17.5 Å². The van der Waals surface area contributed by atoms with E-state index in [2.05, 4.69) is 14.7 Å². The Labute approximate surface area is 152 Å². The van der Waals surface area contributed by atoms with E-state index in [1.165, 1.54) is 0 Å². The van der Waals surface area contributed by atoms with Gasteiger partial charge in [0.2, 0.25) is 10.0 Å². The van der Waals surface area contributed by atoms with Crippen LogP contribution >= 0.6 is 0 Å². The van der Waals surface area contributed by atoms with Crippen LogP contribution in [-0.4, -0.2) is 30.7 Å². The van der Waals surface area contributed by atoms with Crippen molar-refractivity contribution in [3.8, 4) is 5.75 Å². The number of methoxy groups -OCH3 is 1. The first-order valence-corrected chi connectivity index (χ1v) is 10.0. The van der Waals surface area contributed by atoms with E-state index in [9.17, 15) is 12.8 Å². The summed E-state index contributed by atoms with van der Waals surface area (Å²) in [6.07, 6.45) is 4.16. The first-order valence-electron chi connectivity index (χ1n) is 8.50. The highest BCUT2D eigenvalue weighted by Gasteiger charge is 2.39. The summed E-state index contributed by atoms with van der Waals surface area (Å²) in [4.78, 5) is 7.97. The van der Waals surface area contributed by atoms with Crippen LogP contribution in [0.15, 0.2) is 30.6 Å². The number of sulfonamides is 1. The summed E-state index contributed by atoms with van der Waals surface area (Å²) < 4.78 is 46.6. The fraction of sp³-hybridized carbons (Fsp3) is 0.444. The maximum atomic E-state index is 13.0. The largest absolute Gasteiger partial charge is 0.497 e. The molecular weight excluding hydrogens is 357 g/mol. The number of hydrogen-bond donors (Lipinski definition) is 1. The molecule has 2 atom stereocenters. The highest BCUT2D eigenvalue weighted by Crippen LogP contribution is 2.37. The molecule has 1 aromatic heterocycles. The Hall–Kier alpha value is -2.06.